The van der Waals surface area contributed by atoms with E-state index in [2.05, 4.69) is 34.5 Å². The van der Waals surface area contributed by atoms with Crippen LogP contribution >= 0.6 is 11.6 Å². The van der Waals surface area contributed by atoms with Gasteiger partial charge in [-0.25, -0.2) is 9.59 Å². The number of hydrogen-bond acceptors (Lipinski definition) is 6. The minimum Gasteiger partial charge on any atom is -0.453 e. The molecule has 216 valence electrons. The number of nitrogens with one attached hydrogen (secondary N) is 3. The molecule has 0 spiro atoms. The summed E-state index contributed by atoms with van der Waals surface area (Å²) < 4.78 is 10.9. The Balaban J connectivity index is 2.09. The van der Waals surface area contributed by atoms with Crippen molar-refractivity contribution in [3.63, 3.8) is 0 Å². The number of methoxy groups -OCH3 is 1. The van der Waals surface area contributed by atoms with Crippen LogP contribution in [0.1, 0.15) is 65.5 Å². The Labute approximate surface area is 233 Å². The number of β-amino-alcohol motifs (C(OH)–C–C–N with tert-alkyl or cyclic N) is 1. The highest BCUT2D eigenvalue weighted by Gasteiger charge is 2.33. The minimum absolute atomic E-state index is 0.0436. The number of benzene rings is 1. The molecular formula is C28H47ClN4O5. The smallest absolute Gasteiger partial charge is 0.406 e. The summed E-state index contributed by atoms with van der Waals surface area (Å²) in [7, 11) is 1.32. The van der Waals surface area contributed by atoms with E-state index in [0.717, 1.165) is 18.4 Å². The molecule has 1 saturated heterocycles. The number of alkyl carbamates (subject to hydrolysis) is 1. The summed E-state index contributed by atoms with van der Waals surface area (Å²) in [6.45, 7) is 12.5. The van der Waals surface area contributed by atoms with Crippen LogP contribution < -0.4 is 16.0 Å². The summed E-state index contributed by atoms with van der Waals surface area (Å²) in [5, 5.41) is 20.6. The van der Waals surface area contributed by atoms with Gasteiger partial charge in [-0.2, -0.15) is 0 Å². The van der Waals surface area contributed by atoms with Gasteiger partial charge in [0.05, 0.1) is 32.0 Å². The molecule has 1 fully saturated rings. The number of carbonyl (C=O) groups excluding carboxylic acids is 2. The van der Waals surface area contributed by atoms with Crippen LogP contribution in [0.2, 0.25) is 5.02 Å². The lowest BCUT2D eigenvalue weighted by Gasteiger charge is -2.38. The van der Waals surface area contributed by atoms with Crippen molar-refractivity contribution >= 4 is 23.7 Å². The lowest BCUT2D eigenvalue weighted by atomic mass is 9.88. The maximum absolute atomic E-state index is 13.4. The molecule has 3 amide bonds. The molecule has 1 aromatic rings. The van der Waals surface area contributed by atoms with Crippen LogP contribution in [0.5, 0.6) is 0 Å². The summed E-state index contributed by atoms with van der Waals surface area (Å²) in [5.41, 5.74) is 0.805. The van der Waals surface area contributed by atoms with E-state index in [1.165, 1.54) is 7.11 Å². The third-order valence-electron chi connectivity index (χ3n) is 6.54. The zero-order valence-corrected chi connectivity index (χ0v) is 24.5. The van der Waals surface area contributed by atoms with Gasteiger partial charge in [-0.15, -0.1) is 0 Å². The zero-order chi connectivity index (χ0) is 28.3. The van der Waals surface area contributed by atoms with E-state index >= 15 is 0 Å². The van der Waals surface area contributed by atoms with Gasteiger partial charge in [-0.05, 0) is 63.6 Å². The topological polar surface area (TPSA) is 112 Å². The first-order chi connectivity index (χ1) is 17.9. The molecule has 1 aliphatic heterocycles. The molecular weight excluding hydrogens is 508 g/mol. The fourth-order valence-corrected chi connectivity index (χ4v) is 4.86. The lowest BCUT2D eigenvalue weighted by Crippen LogP contribution is -2.55. The highest BCUT2D eigenvalue weighted by Crippen LogP contribution is 2.34. The number of piperidine rings is 1. The second-order valence-electron chi connectivity index (χ2n) is 11.5. The number of halogens is 1. The summed E-state index contributed by atoms with van der Waals surface area (Å²) >= 11 is 6.28. The van der Waals surface area contributed by atoms with Crippen LogP contribution in [0.15, 0.2) is 24.3 Å². The molecule has 0 radical (unpaired) electrons. The highest BCUT2D eigenvalue weighted by atomic mass is 35.5. The third kappa shape index (κ3) is 11.4. The number of carbonyl (C=O) groups is 2. The molecule has 9 nitrogen and oxygen atoms in total. The molecule has 0 unspecified atom stereocenters. The number of aliphatic hydroxyl groups excluding tert-OH is 1. The van der Waals surface area contributed by atoms with Gasteiger partial charge in [-0.1, -0.05) is 37.6 Å². The largest absolute Gasteiger partial charge is 0.453 e. The van der Waals surface area contributed by atoms with Crippen LogP contribution in [0.25, 0.3) is 0 Å². The molecule has 0 bridgehead atoms. The Kier molecular flexibility index (Phi) is 13.1. The zero-order valence-electron chi connectivity index (χ0n) is 23.8. The molecule has 4 N–H and O–H groups in total. The first-order valence-electron chi connectivity index (χ1n) is 13.6. The lowest BCUT2D eigenvalue weighted by molar-refractivity contribution is -0.00903. The number of amides is 3. The van der Waals surface area contributed by atoms with Gasteiger partial charge in [0, 0.05) is 42.7 Å². The SMILES string of the molecule is COC(=O)NCCO[C@@H](c1cccc(Cl)c1)[C@@H]1CCCN(C(=O)N[C@@H](CC(C)C)[C@H](O)CNC(C)(C)C)C1. The first kappa shape index (κ1) is 32.1. The number of nitrogens with zero attached hydrogens (tertiary/aromatic N) is 1. The average molecular weight is 555 g/mol. The first-order valence-corrected chi connectivity index (χ1v) is 13.9. The predicted molar refractivity (Wildman–Crippen MR) is 150 cm³/mol. The van der Waals surface area contributed by atoms with Gasteiger partial charge >= 0.3 is 12.1 Å². The number of aliphatic hydroxyl groups is 1. The fraction of sp³-hybridized carbons (Fsp3) is 0.714. The van der Waals surface area contributed by atoms with E-state index in [-0.39, 0.29) is 29.6 Å². The Morgan fingerprint density at radius 2 is 2.00 bits per heavy atom. The van der Waals surface area contributed by atoms with Gasteiger partial charge < -0.3 is 35.4 Å². The Morgan fingerprint density at radius 1 is 1.26 bits per heavy atom. The van der Waals surface area contributed by atoms with E-state index in [9.17, 15) is 14.7 Å². The molecule has 4 atom stereocenters. The molecule has 10 heteroatoms. The monoisotopic (exact) mass is 554 g/mol. The van der Waals surface area contributed by atoms with Crippen molar-refractivity contribution in [2.45, 2.75) is 77.7 Å². The van der Waals surface area contributed by atoms with Crippen molar-refractivity contribution in [1.82, 2.24) is 20.9 Å². The van der Waals surface area contributed by atoms with Crippen LogP contribution in [-0.4, -0.2) is 79.7 Å². The van der Waals surface area contributed by atoms with Crippen molar-refractivity contribution in [3.05, 3.63) is 34.9 Å². The van der Waals surface area contributed by atoms with E-state index in [4.69, 9.17) is 16.3 Å². The molecule has 0 saturated carbocycles. The third-order valence-corrected chi connectivity index (χ3v) is 6.78. The second kappa shape index (κ2) is 15.5. The van der Waals surface area contributed by atoms with Crippen LogP contribution in [-0.2, 0) is 9.47 Å². The number of ether oxygens (including phenoxy) is 2. The molecule has 0 aliphatic carbocycles. The van der Waals surface area contributed by atoms with Crippen molar-refractivity contribution in [3.8, 4) is 0 Å². The highest BCUT2D eigenvalue weighted by molar-refractivity contribution is 6.30. The van der Waals surface area contributed by atoms with Crippen molar-refractivity contribution in [1.29, 1.82) is 0 Å². The maximum Gasteiger partial charge on any atom is 0.406 e. The maximum atomic E-state index is 13.4. The molecule has 1 aromatic carbocycles. The van der Waals surface area contributed by atoms with Gasteiger partial charge in [-0.3, -0.25) is 0 Å². The minimum atomic E-state index is -0.703. The average Bonchev–Trinajstić information content (AvgIpc) is 2.86. The molecule has 1 heterocycles. The molecule has 0 aromatic heterocycles. The number of likely N-dealkylation sites (tertiary alicyclic amines) is 1. The van der Waals surface area contributed by atoms with E-state index < -0.39 is 12.2 Å². The summed E-state index contributed by atoms with van der Waals surface area (Å²) in [5.74, 6) is 0.361. The number of rotatable bonds is 12. The second-order valence-corrected chi connectivity index (χ2v) is 11.9. The van der Waals surface area contributed by atoms with Gasteiger partial charge in [0.2, 0.25) is 0 Å². The van der Waals surface area contributed by atoms with Gasteiger partial charge in [0.15, 0.2) is 0 Å². The van der Waals surface area contributed by atoms with Crippen LogP contribution in [0.4, 0.5) is 9.59 Å². The molecule has 38 heavy (non-hydrogen) atoms. The van der Waals surface area contributed by atoms with E-state index in [1.807, 2.05) is 49.9 Å². The Hall–Kier alpha value is -2.07. The fourth-order valence-electron chi connectivity index (χ4n) is 4.66. The molecule has 2 rings (SSSR count). The normalized spacial score (nSPS) is 18.6. The number of hydrogen-bond donors (Lipinski definition) is 4. The quantitative estimate of drug-likeness (QED) is 0.286. The van der Waals surface area contributed by atoms with Crippen molar-refractivity contribution < 1.29 is 24.2 Å². The summed E-state index contributed by atoms with van der Waals surface area (Å²) in [6, 6.07) is 7.03. The van der Waals surface area contributed by atoms with Crippen LogP contribution in [0, 0.1) is 11.8 Å². The van der Waals surface area contributed by atoms with Crippen molar-refractivity contribution in [2.24, 2.45) is 11.8 Å². The van der Waals surface area contributed by atoms with Crippen LogP contribution in [0.3, 0.4) is 0 Å². The summed E-state index contributed by atoms with van der Waals surface area (Å²) in [4.78, 5) is 26.6. The predicted octanol–water partition coefficient (Wildman–Crippen LogP) is 4.34. The van der Waals surface area contributed by atoms with Crippen molar-refractivity contribution in [2.75, 3.05) is 39.9 Å². The van der Waals surface area contributed by atoms with Gasteiger partial charge in [0.1, 0.15) is 0 Å². The van der Waals surface area contributed by atoms with Gasteiger partial charge in [0.25, 0.3) is 0 Å². The molecule has 1 aliphatic rings. The standard InChI is InChI=1S/C28H47ClN4O5/c1-19(2)15-23(24(34)17-31-28(3,4)5)32-26(35)33-13-8-10-21(18-33)25(20-9-7-11-22(29)16-20)38-14-12-30-27(36)37-6/h7,9,11,16,19,21,23-25,31,34H,8,10,12-15,17-18H2,1-6H3,(H,30,36)(H,32,35)/t21-,23+,24-,25+/m1/s1. The van der Waals surface area contributed by atoms with E-state index in [0.29, 0.717) is 50.1 Å². The van der Waals surface area contributed by atoms with E-state index in [1.54, 1.807) is 0 Å². The Bertz CT molecular complexity index is 879. The Morgan fingerprint density at radius 3 is 2.63 bits per heavy atom. The summed E-state index contributed by atoms with van der Waals surface area (Å²) in [6.07, 6.45) is 0.894. The number of urea groups is 1.